The molecule has 0 spiro atoms. The van der Waals surface area contributed by atoms with Crippen molar-refractivity contribution in [2.45, 2.75) is 99.0 Å². The highest BCUT2D eigenvalue weighted by atomic mass is 16.7. The van der Waals surface area contributed by atoms with E-state index in [4.69, 9.17) is 23.7 Å². The minimum absolute atomic E-state index is 0.693. The Morgan fingerprint density at radius 1 is 0.545 bits per heavy atom. The quantitative estimate of drug-likeness (QED) is 0.167. The van der Waals surface area contributed by atoms with Crippen LogP contribution < -0.4 is 0 Å². The van der Waals surface area contributed by atoms with E-state index in [0.717, 1.165) is 0 Å². The predicted molar refractivity (Wildman–Crippen MR) is 99.8 cm³/mol. The molecule has 194 valence electrons. The van der Waals surface area contributed by atoms with E-state index in [2.05, 4.69) is 0 Å². The van der Waals surface area contributed by atoms with Crippen molar-refractivity contribution >= 4 is 0 Å². The minimum Gasteiger partial charge on any atom is -0.394 e. The number of aliphatic hydroxyl groups excluding tert-OH is 10. The van der Waals surface area contributed by atoms with Gasteiger partial charge < -0.3 is 74.7 Å². The molecular weight excluding hydrogens is 456 g/mol. The van der Waals surface area contributed by atoms with E-state index in [1.165, 1.54) is 6.92 Å². The topological polar surface area (TPSA) is 248 Å². The highest BCUT2D eigenvalue weighted by Gasteiger charge is 2.52. The lowest BCUT2D eigenvalue weighted by atomic mass is 9.96. The van der Waals surface area contributed by atoms with Gasteiger partial charge in [0.2, 0.25) is 0 Å². The SMILES string of the molecule is C[C@H]1O[C@@H](O[C@H]2[C@H](O)[C@@H](O)[C@H](O)O[C@@H]2CO)[C@H](O)[C@@H](O)[C@H]1O[C@H]1O[C@H](CO)[C@H](O)[C@H](O)[C@H]1O. The maximum atomic E-state index is 10.6. The van der Waals surface area contributed by atoms with Gasteiger partial charge in [-0.25, -0.2) is 0 Å². The molecule has 0 bridgehead atoms. The first-order valence-corrected chi connectivity index (χ1v) is 10.4. The van der Waals surface area contributed by atoms with Gasteiger partial charge in [-0.3, -0.25) is 0 Å². The third kappa shape index (κ3) is 5.32. The predicted octanol–water partition coefficient (Wildman–Crippen LogP) is -6.55. The molecule has 0 radical (unpaired) electrons. The van der Waals surface area contributed by atoms with Gasteiger partial charge in [0, 0.05) is 0 Å². The number of hydrogen-bond acceptors (Lipinski definition) is 15. The normalized spacial score (nSPS) is 53.7. The molecule has 10 N–H and O–H groups in total. The molecule has 33 heavy (non-hydrogen) atoms. The first-order chi connectivity index (χ1) is 15.5. The molecule has 0 aromatic carbocycles. The van der Waals surface area contributed by atoms with Gasteiger partial charge in [-0.05, 0) is 6.92 Å². The standard InChI is InChI=1S/C18H32O15/c1-4-14(32-18-12(26)8(22)7(21)5(2-19)31-18)10(24)13(27)17(29-4)33-15-6(3-20)30-16(28)11(25)9(15)23/h4-28H,2-3H2,1H3/t4-,5-,6-,7+,8+,9-,10-,11-,12-,13-,14+,15-,16-,17+,18-/m1/s1. The molecule has 3 saturated heterocycles. The molecule has 0 aromatic heterocycles. The summed E-state index contributed by atoms with van der Waals surface area (Å²) in [7, 11) is 0. The van der Waals surface area contributed by atoms with Gasteiger partial charge in [0.1, 0.15) is 67.1 Å². The third-order valence-electron chi connectivity index (χ3n) is 6.05. The van der Waals surface area contributed by atoms with E-state index >= 15 is 0 Å². The van der Waals surface area contributed by atoms with Crippen molar-refractivity contribution in [3.63, 3.8) is 0 Å². The number of ether oxygens (including phenoxy) is 5. The Kier molecular flexibility index (Phi) is 8.99. The van der Waals surface area contributed by atoms with Crippen molar-refractivity contribution in [1.29, 1.82) is 0 Å². The molecule has 3 heterocycles. The fourth-order valence-electron chi connectivity index (χ4n) is 4.03. The molecule has 0 unspecified atom stereocenters. The van der Waals surface area contributed by atoms with Crippen molar-refractivity contribution in [2.24, 2.45) is 0 Å². The molecule has 0 aromatic rings. The van der Waals surface area contributed by atoms with Gasteiger partial charge >= 0.3 is 0 Å². The highest BCUT2D eigenvalue weighted by molar-refractivity contribution is 4.95. The van der Waals surface area contributed by atoms with Crippen molar-refractivity contribution in [1.82, 2.24) is 0 Å². The summed E-state index contributed by atoms with van der Waals surface area (Å²) in [6, 6.07) is 0. The van der Waals surface area contributed by atoms with E-state index in [1.54, 1.807) is 0 Å². The van der Waals surface area contributed by atoms with Gasteiger partial charge in [-0.2, -0.15) is 0 Å². The van der Waals surface area contributed by atoms with Crippen LogP contribution in [0.4, 0.5) is 0 Å². The zero-order valence-electron chi connectivity index (χ0n) is 17.6. The maximum Gasteiger partial charge on any atom is 0.187 e. The van der Waals surface area contributed by atoms with E-state index < -0.39 is 105 Å². The number of rotatable bonds is 6. The van der Waals surface area contributed by atoms with Gasteiger partial charge in [0.15, 0.2) is 18.9 Å². The maximum absolute atomic E-state index is 10.6. The van der Waals surface area contributed by atoms with Crippen LogP contribution in [-0.2, 0) is 23.7 Å². The molecular formula is C18H32O15. The van der Waals surface area contributed by atoms with Crippen LogP contribution in [0.5, 0.6) is 0 Å². The molecule has 0 saturated carbocycles. The molecule has 0 amide bonds. The summed E-state index contributed by atoms with van der Waals surface area (Å²) in [5, 5.41) is 99.2. The molecule has 3 aliphatic heterocycles. The first kappa shape index (κ1) is 27.0. The van der Waals surface area contributed by atoms with Crippen LogP contribution in [0.25, 0.3) is 0 Å². The Hall–Kier alpha value is -0.600. The first-order valence-electron chi connectivity index (χ1n) is 10.4. The third-order valence-corrected chi connectivity index (χ3v) is 6.05. The van der Waals surface area contributed by atoms with E-state index in [1.807, 2.05) is 0 Å². The molecule has 3 rings (SSSR count). The molecule has 15 heteroatoms. The summed E-state index contributed by atoms with van der Waals surface area (Å²) >= 11 is 0. The monoisotopic (exact) mass is 488 g/mol. The Morgan fingerprint density at radius 2 is 1.06 bits per heavy atom. The average molecular weight is 488 g/mol. The molecule has 3 aliphatic rings. The van der Waals surface area contributed by atoms with Crippen LogP contribution in [0, 0.1) is 0 Å². The Labute approximate surface area is 187 Å². The zero-order valence-corrected chi connectivity index (χ0v) is 17.6. The van der Waals surface area contributed by atoms with Crippen molar-refractivity contribution in [2.75, 3.05) is 13.2 Å². The summed E-state index contributed by atoms with van der Waals surface area (Å²) in [4.78, 5) is 0. The molecule has 0 aliphatic carbocycles. The van der Waals surface area contributed by atoms with E-state index in [-0.39, 0.29) is 0 Å². The second-order valence-corrected chi connectivity index (χ2v) is 8.32. The lowest BCUT2D eigenvalue weighted by molar-refractivity contribution is -0.374. The highest BCUT2D eigenvalue weighted by Crippen LogP contribution is 2.31. The van der Waals surface area contributed by atoms with Crippen LogP contribution >= 0.6 is 0 Å². The van der Waals surface area contributed by atoms with Crippen LogP contribution in [0.1, 0.15) is 6.92 Å². The Morgan fingerprint density at radius 3 is 1.67 bits per heavy atom. The number of hydrogen-bond donors (Lipinski definition) is 10. The Balaban J connectivity index is 1.67. The number of aliphatic hydroxyl groups is 10. The average Bonchev–Trinajstić information content (AvgIpc) is 2.79. The lowest BCUT2D eigenvalue weighted by Gasteiger charge is -2.47. The molecule has 15 nitrogen and oxygen atoms in total. The largest absolute Gasteiger partial charge is 0.394 e. The van der Waals surface area contributed by atoms with Crippen LogP contribution in [0.15, 0.2) is 0 Å². The van der Waals surface area contributed by atoms with Crippen LogP contribution in [-0.4, -0.2) is 156 Å². The summed E-state index contributed by atoms with van der Waals surface area (Å²) in [5.41, 5.74) is 0. The van der Waals surface area contributed by atoms with Crippen LogP contribution in [0.3, 0.4) is 0 Å². The van der Waals surface area contributed by atoms with Crippen LogP contribution in [0.2, 0.25) is 0 Å². The van der Waals surface area contributed by atoms with Gasteiger partial charge in [-0.1, -0.05) is 0 Å². The summed E-state index contributed by atoms with van der Waals surface area (Å²) < 4.78 is 26.7. The van der Waals surface area contributed by atoms with Crippen molar-refractivity contribution < 1.29 is 74.7 Å². The fraction of sp³-hybridized carbons (Fsp3) is 1.00. The molecule has 15 atom stereocenters. The zero-order chi connectivity index (χ0) is 24.6. The van der Waals surface area contributed by atoms with E-state index in [9.17, 15) is 51.1 Å². The Bertz CT molecular complexity index is 622. The second kappa shape index (κ2) is 11.0. The van der Waals surface area contributed by atoms with Crippen molar-refractivity contribution in [3.05, 3.63) is 0 Å². The smallest absolute Gasteiger partial charge is 0.187 e. The fourth-order valence-corrected chi connectivity index (χ4v) is 4.03. The van der Waals surface area contributed by atoms with Gasteiger partial charge in [0.05, 0.1) is 19.3 Å². The summed E-state index contributed by atoms with van der Waals surface area (Å²) in [5.74, 6) is 0. The second-order valence-electron chi connectivity index (χ2n) is 8.32. The minimum atomic E-state index is -1.80. The summed E-state index contributed by atoms with van der Waals surface area (Å²) in [6.45, 7) is 0.00626. The molecule has 3 fully saturated rings. The summed E-state index contributed by atoms with van der Waals surface area (Å²) in [6.07, 6.45) is -23.4. The van der Waals surface area contributed by atoms with Crippen molar-refractivity contribution in [3.8, 4) is 0 Å². The van der Waals surface area contributed by atoms with E-state index in [0.29, 0.717) is 0 Å². The van der Waals surface area contributed by atoms with Gasteiger partial charge in [-0.15, -0.1) is 0 Å². The lowest BCUT2D eigenvalue weighted by Crippen LogP contribution is -2.65. The van der Waals surface area contributed by atoms with Gasteiger partial charge in [0.25, 0.3) is 0 Å².